The lowest BCUT2D eigenvalue weighted by Gasteiger charge is -2.37. The summed E-state index contributed by atoms with van der Waals surface area (Å²) in [5.74, 6) is -6.82. The molecule has 0 atom stereocenters. The zero-order valence-corrected chi connectivity index (χ0v) is 13.8. The third-order valence-corrected chi connectivity index (χ3v) is 6.30. The number of rotatable bonds is 6. The van der Waals surface area contributed by atoms with Crippen molar-refractivity contribution in [2.24, 2.45) is 5.14 Å². The molecule has 1 aliphatic rings. The molecule has 0 aliphatic carbocycles. The van der Waals surface area contributed by atoms with Crippen LogP contribution in [0, 0.1) is 11.3 Å². The number of halogens is 6. The fraction of sp³-hybridized carbons (Fsp3) is 0.889. The second-order valence-electron chi connectivity index (χ2n) is 4.99. The summed E-state index contributed by atoms with van der Waals surface area (Å²) >= 11 is 0. The first kappa shape index (κ1) is 21.9. The van der Waals surface area contributed by atoms with Gasteiger partial charge < -0.3 is 0 Å². The van der Waals surface area contributed by atoms with Crippen molar-refractivity contribution in [3.05, 3.63) is 0 Å². The lowest BCUT2D eigenvalue weighted by atomic mass is 10.3. The molecule has 1 fully saturated rings. The van der Waals surface area contributed by atoms with Gasteiger partial charge >= 0.3 is 16.4 Å². The standard InChI is InChI=1S/C9H12F6N4O4S2/c10-7(11,8(12,13)24(17,20)21)9(14,15)25(22,23)19-5-3-18(2-1-16)4-6-19/h2-6H2,(H2,17,20,21). The first-order valence-corrected chi connectivity index (χ1v) is 9.27. The van der Waals surface area contributed by atoms with Crippen molar-refractivity contribution in [2.45, 2.75) is 16.4 Å². The Bertz CT molecular complexity index is 755. The number of primary sulfonamides is 1. The van der Waals surface area contributed by atoms with Crippen LogP contribution >= 0.6 is 0 Å². The topological polar surface area (TPSA) is 125 Å². The van der Waals surface area contributed by atoms with Gasteiger partial charge in [0.05, 0.1) is 12.6 Å². The predicted molar refractivity (Wildman–Crippen MR) is 70.5 cm³/mol. The molecule has 0 aromatic rings. The van der Waals surface area contributed by atoms with Crippen molar-refractivity contribution in [3.63, 3.8) is 0 Å². The quantitative estimate of drug-likeness (QED) is 0.461. The Morgan fingerprint density at radius 1 is 0.920 bits per heavy atom. The number of nitrogens with two attached hydrogens (primary N) is 1. The number of nitrogens with zero attached hydrogens (tertiary/aromatic N) is 3. The van der Waals surface area contributed by atoms with E-state index in [2.05, 4.69) is 5.14 Å². The second-order valence-corrected chi connectivity index (χ2v) is 8.57. The summed E-state index contributed by atoms with van der Waals surface area (Å²) in [4.78, 5) is 1.31. The van der Waals surface area contributed by atoms with Crippen LogP contribution in [0.15, 0.2) is 0 Å². The van der Waals surface area contributed by atoms with Gasteiger partial charge in [0.15, 0.2) is 0 Å². The van der Waals surface area contributed by atoms with E-state index in [0.29, 0.717) is 0 Å². The molecule has 25 heavy (non-hydrogen) atoms. The lowest BCUT2D eigenvalue weighted by Crippen LogP contribution is -2.65. The van der Waals surface area contributed by atoms with E-state index in [9.17, 15) is 43.2 Å². The van der Waals surface area contributed by atoms with Crippen molar-refractivity contribution in [1.82, 2.24) is 9.21 Å². The Morgan fingerprint density at radius 2 is 1.36 bits per heavy atom. The Hall–Kier alpha value is -1.15. The van der Waals surface area contributed by atoms with Crippen molar-refractivity contribution < 1.29 is 43.2 Å². The molecular formula is C9H12F6N4O4S2. The predicted octanol–water partition coefficient (Wildman–Crippen LogP) is -0.433. The number of hydrogen-bond donors (Lipinski definition) is 1. The zero-order valence-electron chi connectivity index (χ0n) is 12.2. The largest absolute Gasteiger partial charge is 0.428 e. The number of piperazine rings is 1. The van der Waals surface area contributed by atoms with Crippen LogP contribution in [0.4, 0.5) is 26.3 Å². The molecule has 146 valence electrons. The van der Waals surface area contributed by atoms with Crippen LogP contribution in [-0.4, -0.2) is 75.2 Å². The summed E-state index contributed by atoms with van der Waals surface area (Å²) in [7, 11) is -12.9. The average Bonchev–Trinajstić information content (AvgIpc) is 2.46. The Labute approximate surface area is 138 Å². The van der Waals surface area contributed by atoms with Gasteiger partial charge in [-0.15, -0.1) is 0 Å². The smallest absolute Gasteiger partial charge is 0.288 e. The van der Waals surface area contributed by atoms with E-state index in [-0.39, 0.29) is 23.9 Å². The van der Waals surface area contributed by atoms with Gasteiger partial charge in [-0.25, -0.2) is 22.0 Å². The third-order valence-electron chi connectivity index (χ3n) is 3.38. The average molecular weight is 418 g/mol. The molecular weight excluding hydrogens is 406 g/mol. The molecule has 1 rings (SSSR count). The van der Waals surface area contributed by atoms with Gasteiger partial charge in [0.2, 0.25) is 0 Å². The van der Waals surface area contributed by atoms with Crippen LogP contribution in [-0.2, 0) is 20.0 Å². The monoisotopic (exact) mass is 418 g/mol. The Morgan fingerprint density at radius 3 is 1.72 bits per heavy atom. The number of nitriles is 1. The van der Waals surface area contributed by atoms with Crippen LogP contribution in [0.1, 0.15) is 0 Å². The Balaban J connectivity index is 3.22. The summed E-state index contributed by atoms with van der Waals surface area (Å²) in [6.07, 6.45) is 0. The molecule has 0 spiro atoms. The molecule has 0 amide bonds. The molecule has 16 heteroatoms. The normalized spacial score (nSPS) is 19.6. The van der Waals surface area contributed by atoms with E-state index in [1.807, 2.05) is 0 Å². The molecule has 0 aromatic carbocycles. The van der Waals surface area contributed by atoms with Gasteiger partial charge in [0.1, 0.15) is 0 Å². The van der Waals surface area contributed by atoms with E-state index in [1.54, 1.807) is 6.07 Å². The van der Waals surface area contributed by atoms with Crippen LogP contribution < -0.4 is 5.14 Å². The molecule has 0 bridgehead atoms. The molecule has 1 saturated heterocycles. The van der Waals surface area contributed by atoms with Gasteiger partial charge in [0.25, 0.3) is 20.0 Å². The highest BCUT2D eigenvalue weighted by Crippen LogP contribution is 2.50. The molecule has 2 N–H and O–H groups in total. The summed E-state index contributed by atoms with van der Waals surface area (Å²) < 4.78 is 125. The molecule has 0 aromatic heterocycles. The van der Waals surface area contributed by atoms with Crippen LogP contribution in [0.25, 0.3) is 0 Å². The minimum atomic E-state index is -6.82. The zero-order chi connectivity index (χ0) is 19.9. The second kappa shape index (κ2) is 6.54. The number of alkyl halides is 6. The third kappa shape index (κ3) is 3.43. The molecule has 1 aliphatic heterocycles. The SMILES string of the molecule is N#CCN1CCN(S(=O)(=O)C(F)(F)C(F)(F)C(F)(F)S(N)(=O)=O)CC1. The van der Waals surface area contributed by atoms with Gasteiger partial charge in [-0.05, 0) is 0 Å². The van der Waals surface area contributed by atoms with Gasteiger partial charge in [-0.1, -0.05) is 0 Å². The maximum atomic E-state index is 13.8. The van der Waals surface area contributed by atoms with Crippen molar-refractivity contribution in [1.29, 1.82) is 5.26 Å². The van der Waals surface area contributed by atoms with Crippen molar-refractivity contribution in [2.75, 3.05) is 32.7 Å². The summed E-state index contributed by atoms with van der Waals surface area (Å²) in [5, 5.41) is -0.696. The van der Waals surface area contributed by atoms with Crippen molar-refractivity contribution >= 4 is 20.0 Å². The Kier molecular flexibility index (Phi) is 5.72. The molecule has 0 saturated carbocycles. The van der Waals surface area contributed by atoms with E-state index >= 15 is 0 Å². The van der Waals surface area contributed by atoms with Crippen LogP contribution in [0.5, 0.6) is 0 Å². The maximum absolute atomic E-state index is 13.8. The summed E-state index contributed by atoms with van der Waals surface area (Å²) in [5.41, 5.74) is 0. The van der Waals surface area contributed by atoms with Crippen LogP contribution in [0.3, 0.4) is 0 Å². The maximum Gasteiger partial charge on any atom is 0.428 e. The van der Waals surface area contributed by atoms with E-state index in [4.69, 9.17) is 5.26 Å². The van der Waals surface area contributed by atoms with Gasteiger partial charge in [0, 0.05) is 26.2 Å². The molecule has 0 unspecified atom stereocenters. The first-order chi connectivity index (χ1) is 11.0. The fourth-order valence-corrected chi connectivity index (χ4v) is 3.87. The van der Waals surface area contributed by atoms with E-state index < -0.39 is 49.6 Å². The summed E-state index contributed by atoms with van der Waals surface area (Å²) in [6.45, 7) is -2.34. The lowest BCUT2D eigenvalue weighted by molar-refractivity contribution is -0.245. The van der Waals surface area contributed by atoms with E-state index in [1.165, 1.54) is 4.90 Å². The van der Waals surface area contributed by atoms with Crippen molar-refractivity contribution in [3.8, 4) is 6.07 Å². The molecule has 8 nitrogen and oxygen atoms in total. The molecule has 1 heterocycles. The highest BCUT2D eigenvalue weighted by atomic mass is 32.2. The van der Waals surface area contributed by atoms with Gasteiger partial charge in [-0.2, -0.15) is 35.9 Å². The van der Waals surface area contributed by atoms with E-state index in [0.717, 1.165) is 0 Å². The van der Waals surface area contributed by atoms with Crippen LogP contribution in [0.2, 0.25) is 0 Å². The minimum absolute atomic E-state index is 0.173. The first-order valence-electron chi connectivity index (χ1n) is 6.29. The molecule has 0 radical (unpaired) electrons. The number of hydrogen-bond acceptors (Lipinski definition) is 6. The fourth-order valence-electron chi connectivity index (χ4n) is 1.90. The minimum Gasteiger partial charge on any atom is -0.288 e. The highest BCUT2D eigenvalue weighted by Gasteiger charge is 2.82. The number of sulfonamides is 2. The summed E-state index contributed by atoms with van der Waals surface area (Å²) in [6, 6.07) is 1.69. The van der Waals surface area contributed by atoms with Gasteiger partial charge in [-0.3, -0.25) is 4.90 Å². The highest BCUT2D eigenvalue weighted by molar-refractivity contribution is 7.91.